The van der Waals surface area contributed by atoms with Gasteiger partial charge >= 0.3 is 0 Å². The van der Waals surface area contributed by atoms with E-state index in [1.54, 1.807) is 18.7 Å². The van der Waals surface area contributed by atoms with Gasteiger partial charge in [0.2, 0.25) is 5.91 Å². The van der Waals surface area contributed by atoms with Gasteiger partial charge in [-0.25, -0.2) is 0 Å². The molecule has 1 aromatic heterocycles. The minimum atomic E-state index is -0.300. The summed E-state index contributed by atoms with van der Waals surface area (Å²) in [6.45, 7) is 6.16. The quantitative estimate of drug-likeness (QED) is 0.713. The summed E-state index contributed by atoms with van der Waals surface area (Å²) in [5, 5.41) is 15.8. The van der Waals surface area contributed by atoms with E-state index in [1.807, 2.05) is 13.8 Å². The maximum atomic E-state index is 11.6. The van der Waals surface area contributed by atoms with Gasteiger partial charge < -0.3 is 14.9 Å². The van der Waals surface area contributed by atoms with Gasteiger partial charge in [0, 0.05) is 17.9 Å². The van der Waals surface area contributed by atoms with Crippen LogP contribution in [0.4, 0.5) is 0 Å². The summed E-state index contributed by atoms with van der Waals surface area (Å²) >= 11 is 1.55. The molecule has 0 radical (unpaired) electrons. The third-order valence-electron chi connectivity index (χ3n) is 2.78. The summed E-state index contributed by atoms with van der Waals surface area (Å²) in [6.07, 6.45) is 1.22. The molecule has 1 unspecified atom stereocenters. The number of aromatic nitrogens is 1. The normalized spacial score (nSPS) is 12.4. The van der Waals surface area contributed by atoms with Crippen LogP contribution in [0.5, 0.6) is 0 Å². The van der Waals surface area contributed by atoms with Gasteiger partial charge in [-0.05, 0) is 33.6 Å². The number of aryl methyl sites for hydroxylation is 2. The molecule has 5 nitrogen and oxygen atoms in total. The summed E-state index contributed by atoms with van der Waals surface area (Å²) in [5.74, 6) is 2.02. The van der Waals surface area contributed by atoms with E-state index in [9.17, 15) is 4.79 Å². The van der Waals surface area contributed by atoms with Crippen molar-refractivity contribution < 1.29 is 14.4 Å². The number of rotatable bonds is 8. The molecule has 0 aromatic carbocycles. The molecule has 0 spiro atoms. The fourth-order valence-corrected chi connectivity index (χ4v) is 2.64. The van der Waals surface area contributed by atoms with E-state index in [4.69, 9.17) is 9.63 Å². The number of thioether (sulfide) groups is 1. The Balaban J connectivity index is 2.14. The fraction of sp³-hybridized carbons (Fsp3) is 0.692. The average molecular weight is 286 g/mol. The SMILES string of the molecule is Cc1noc(C)c1CSCC(=O)NCCCC(C)O. The largest absolute Gasteiger partial charge is 0.393 e. The van der Waals surface area contributed by atoms with E-state index in [2.05, 4.69) is 10.5 Å². The highest BCUT2D eigenvalue weighted by atomic mass is 32.2. The zero-order valence-corrected chi connectivity index (χ0v) is 12.5. The Morgan fingerprint density at radius 3 is 2.84 bits per heavy atom. The van der Waals surface area contributed by atoms with Crippen molar-refractivity contribution in [3.05, 3.63) is 17.0 Å². The number of amides is 1. The summed E-state index contributed by atoms with van der Waals surface area (Å²) in [7, 11) is 0. The second-order valence-corrected chi connectivity index (χ2v) is 5.62. The van der Waals surface area contributed by atoms with Crippen LogP contribution in [-0.2, 0) is 10.5 Å². The predicted molar refractivity (Wildman–Crippen MR) is 76.1 cm³/mol. The average Bonchev–Trinajstić information content (AvgIpc) is 2.66. The first kappa shape index (κ1) is 16.0. The fourth-order valence-electron chi connectivity index (χ4n) is 1.63. The van der Waals surface area contributed by atoms with Gasteiger partial charge in [-0.1, -0.05) is 5.16 Å². The minimum absolute atomic E-state index is 0.0300. The second kappa shape index (κ2) is 8.22. The molecule has 0 saturated carbocycles. The lowest BCUT2D eigenvalue weighted by atomic mass is 10.2. The smallest absolute Gasteiger partial charge is 0.230 e. The molecule has 0 fully saturated rings. The first-order chi connectivity index (χ1) is 9.00. The van der Waals surface area contributed by atoms with Crippen molar-refractivity contribution in [1.82, 2.24) is 10.5 Å². The van der Waals surface area contributed by atoms with Crippen LogP contribution in [0.2, 0.25) is 0 Å². The Morgan fingerprint density at radius 1 is 1.53 bits per heavy atom. The monoisotopic (exact) mass is 286 g/mol. The molecule has 19 heavy (non-hydrogen) atoms. The van der Waals surface area contributed by atoms with Crippen molar-refractivity contribution >= 4 is 17.7 Å². The number of aliphatic hydroxyl groups excluding tert-OH is 1. The molecular formula is C13H22N2O3S. The first-order valence-electron chi connectivity index (χ1n) is 6.45. The number of carbonyl (C=O) groups is 1. The van der Waals surface area contributed by atoms with E-state index in [0.717, 1.165) is 29.2 Å². The highest BCUT2D eigenvalue weighted by Gasteiger charge is 2.09. The Kier molecular flexibility index (Phi) is 6.94. The van der Waals surface area contributed by atoms with Crippen LogP contribution in [0.3, 0.4) is 0 Å². The topological polar surface area (TPSA) is 75.4 Å². The molecule has 0 bridgehead atoms. The number of hydrogen-bond donors (Lipinski definition) is 2. The van der Waals surface area contributed by atoms with Gasteiger partial charge in [-0.2, -0.15) is 0 Å². The van der Waals surface area contributed by atoms with Gasteiger partial charge in [0.25, 0.3) is 0 Å². The molecule has 0 aliphatic heterocycles. The van der Waals surface area contributed by atoms with Crippen LogP contribution in [0.1, 0.15) is 36.8 Å². The number of hydrogen-bond acceptors (Lipinski definition) is 5. The lowest BCUT2D eigenvalue weighted by molar-refractivity contribution is -0.118. The Bertz CT molecular complexity index is 385. The molecule has 1 rings (SSSR count). The van der Waals surface area contributed by atoms with Gasteiger partial charge in [0.1, 0.15) is 5.76 Å². The van der Waals surface area contributed by atoms with E-state index in [0.29, 0.717) is 18.7 Å². The highest BCUT2D eigenvalue weighted by molar-refractivity contribution is 7.99. The van der Waals surface area contributed by atoms with E-state index < -0.39 is 0 Å². The molecule has 1 atom stereocenters. The van der Waals surface area contributed by atoms with E-state index >= 15 is 0 Å². The van der Waals surface area contributed by atoms with Gasteiger partial charge in [0.05, 0.1) is 17.6 Å². The standard InChI is InChI=1S/C13H22N2O3S/c1-9(16)5-4-6-14-13(17)8-19-7-12-10(2)15-18-11(12)3/h9,16H,4-8H2,1-3H3,(H,14,17). The predicted octanol–water partition coefficient (Wildman–Crippen LogP) is 1.80. The Labute approximate surface area is 118 Å². The zero-order valence-electron chi connectivity index (χ0n) is 11.7. The molecule has 1 aromatic rings. The molecule has 0 aliphatic carbocycles. The van der Waals surface area contributed by atoms with Crippen LogP contribution >= 0.6 is 11.8 Å². The third kappa shape index (κ3) is 6.11. The molecule has 0 aliphatic rings. The molecule has 1 amide bonds. The van der Waals surface area contributed by atoms with E-state index in [-0.39, 0.29) is 12.0 Å². The summed E-state index contributed by atoms with van der Waals surface area (Å²) in [4.78, 5) is 11.6. The maximum Gasteiger partial charge on any atom is 0.230 e. The van der Waals surface area contributed by atoms with Crippen molar-refractivity contribution in [2.75, 3.05) is 12.3 Å². The van der Waals surface area contributed by atoms with Crippen molar-refractivity contribution in [2.45, 2.75) is 45.5 Å². The molecule has 0 saturated heterocycles. The van der Waals surface area contributed by atoms with Crippen LogP contribution < -0.4 is 5.32 Å². The van der Waals surface area contributed by atoms with Crippen LogP contribution in [0.25, 0.3) is 0 Å². The number of nitrogens with one attached hydrogen (secondary N) is 1. The van der Waals surface area contributed by atoms with Crippen molar-refractivity contribution in [3.8, 4) is 0 Å². The highest BCUT2D eigenvalue weighted by Crippen LogP contribution is 2.19. The first-order valence-corrected chi connectivity index (χ1v) is 7.60. The van der Waals surface area contributed by atoms with Crippen LogP contribution in [0.15, 0.2) is 4.52 Å². The van der Waals surface area contributed by atoms with Gasteiger partial charge in [-0.3, -0.25) is 4.79 Å². The lowest BCUT2D eigenvalue weighted by Gasteiger charge is -2.06. The third-order valence-corrected chi connectivity index (χ3v) is 3.74. The number of carbonyl (C=O) groups excluding carboxylic acids is 1. The van der Waals surface area contributed by atoms with E-state index in [1.165, 1.54) is 0 Å². The van der Waals surface area contributed by atoms with Crippen molar-refractivity contribution in [2.24, 2.45) is 0 Å². The second-order valence-electron chi connectivity index (χ2n) is 4.64. The zero-order chi connectivity index (χ0) is 14.3. The Hall–Kier alpha value is -1.01. The summed E-state index contributed by atoms with van der Waals surface area (Å²) < 4.78 is 5.07. The lowest BCUT2D eigenvalue weighted by Crippen LogP contribution is -2.26. The number of nitrogens with zero attached hydrogens (tertiary/aromatic N) is 1. The number of aliphatic hydroxyl groups is 1. The molecule has 108 valence electrons. The van der Waals surface area contributed by atoms with Crippen LogP contribution in [0, 0.1) is 13.8 Å². The minimum Gasteiger partial charge on any atom is -0.393 e. The molecular weight excluding hydrogens is 264 g/mol. The summed E-state index contributed by atoms with van der Waals surface area (Å²) in [5.41, 5.74) is 1.97. The molecule has 1 heterocycles. The van der Waals surface area contributed by atoms with Crippen LogP contribution in [-0.4, -0.2) is 34.6 Å². The maximum absolute atomic E-state index is 11.6. The van der Waals surface area contributed by atoms with Gasteiger partial charge in [-0.15, -0.1) is 11.8 Å². The Morgan fingerprint density at radius 2 is 2.26 bits per heavy atom. The van der Waals surface area contributed by atoms with Crippen molar-refractivity contribution in [1.29, 1.82) is 0 Å². The van der Waals surface area contributed by atoms with Gasteiger partial charge in [0.15, 0.2) is 0 Å². The molecule has 6 heteroatoms. The molecule has 2 N–H and O–H groups in total. The van der Waals surface area contributed by atoms with Crippen molar-refractivity contribution in [3.63, 3.8) is 0 Å². The summed E-state index contributed by atoms with van der Waals surface area (Å²) in [6, 6.07) is 0.